The third-order valence-corrected chi connectivity index (χ3v) is 4.83. The maximum atomic E-state index is 12.9. The first-order chi connectivity index (χ1) is 11.8. The summed E-state index contributed by atoms with van der Waals surface area (Å²) >= 11 is 0. The van der Waals surface area contributed by atoms with E-state index in [4.69, 9.17) is 0 Å². The zero-order valence-electron chi connectivity index (χ0n) is 14.1. The Morgan fingerprint density at radius 3 is 2.56 bits per heavy atom. The number of piperidine rings is 1. The van der Waals surface area contributed by atoms with Gasteiger partial charge in [-0.1, -0.05) is 12.1 Å². The molecule has 1 aliphatic rings. The molecule has 3 rings (SSSR count). The van der Waals surface area contributed by atoms with Crippen LogP contribution in [0.2, 0.25) is 0 Å². The number of hydrogen-bond acceptors (Lipinski definition) is 3. The molecule has 1 saturated heterocycles. The number of aliphatic hydroxyl groups is 1. The molecule has 0 aliphatic carbocycles. The third-order valence-electron chi connectivity index (χ3n) is 4.83. The van der Waals surface area contributed by atoms with Gasteiger partial charge >= 0.3 is 6.18 Å². The highest BCUT2D eigenvalue weighted by molar-refractivity contribution is 5.30. The molecule has 0 saturated carbocycles. The van der Waals surface area contributed by atoms with Crippen LogP contribution in [-0.4, -0.2) is 32.9 Å². The van der Waals surface area contributed by atoms with Crippen molar-refractivity contribution in [3.05, 3.63) is 53.3 Å². The quantitative estimate of drug-likeness (QED) is 0.916. The Balaban J connectivity index is 1.66. The van der Waals surface area contributed by atoms with E-state index in [9.17, 15) is 18.3 Å². The fraction of sp³-hybridized carbons (Fsp3) is 0.500. The Kier molecular flexibility index (Phi) is 4.88. The average Bonchev–Trinajstić information content (AvgIpc) is 3.04. The topological polar surface area (TPSA) is 41.3 Å². The number of alkyl halides is 3. The molecule has 1 N–H and O–H groups in total. The molecule has 2 heterocycles. The lowest BCUT2D eigenvalue weighted by Crippen LogP contribution is -2.42. The summed E-state index contributed by atoms with van der Waals surface area (Å²) in [6, 6.07) is 5.05. The highest BCUT2D eigenvalue weighted by Crippen LogP contribution is 2.36. The van der Waals surface area contributed by atoms with Crippen LogP contribution in [0.5, 0.6) is 0 Å². The second kappa shape index (κ2) is 6.80. The second-order valence-electron chi connectivity index (χ2n) is 6.59. The van der Waals surface area contributed by atoms with E-state index in [-0.39, 0.29) is 0 Å². The normalized spacial score (nSPS) is 18.4. The van der Waals surface area contributed by atoms with Crippen LogP contribution in [0.25, 0.3) is 0 Å². The van der Waals surface area contributed by atoms with Gasteiger partial charge in [-0.25, -0.2) is 0 Å². The van der Waals surface area contributed by atoms with Gasteiger partial charge in [0.1, 0.15) is 0 Å². The van der Waals surface area contributed by atoms with Gasteiger partial charge in [-0.15, -0.1) is 0 Å². The SMILES string of the molecule is CCn1cc(CN2CCC(O)(c3cccc(C(F)(F)F)c3)CC2)cn1. The molecule has 1 aromatic carbocycles. The average molecular weight is 353 g/mol. The number of benzene rings is 1. The van der Waals surface area contributed by atoms with E-state index in [1.807, 2.05) is 24.0 Å². The van der Waals surface area contributed by atoms with Gasteiger partial charge in [-0.05, 0) is 37.5 Å². The van der Waals surface area contributed by atoms with E-state index in [0.717, 1.165) is 30.8 Å². The maximum Gasteiger partial charge on any atom is 0.416 e. The standard InChI is InChI=1S/C18H22F3N3O/c1-2-24-13-14(11-22-24)12-23-8-6-17(25,7-9-23)15-4-3-5-16(10-15)18(19,20)21/h3-5,10-11,13,25H,2,6-9,12H2,1H3. The summed E-state index contributed by atoms with van der Waals surface area (Å²) in [4.78, 5) is 2.19. The van der Waals surface area contributed by atoms with Crippen LogP contribution in [0.1, 0.15) is 36.5 Å². The van der Waals surface area contributed by atoms with Crippen molar-refractivity contribution in [1.82, 2.24) is 14.7 Å². The molecule has 1 aliphatic heterocycles. The van der Waals surface area contributed by atoms with Gasteiger partial charge in [0.05, 0.1) is 17.4 Å². The van der Waals surface area contributed by atoms with Crippen LogP contribution in [0.15, 0.2) is 36.7 Å². The molecule has 0 spiro atoms. The molecule has 0 amide bonds. The number of aryl methyl sites for hydroxylation is 1. The Bertz CT molecular complexity index is 718. The molecule has 0 radical (unpaired) electrons. The number of aromatic nitrogens is 2. The van der Waals surface area contributed by atoms with E-state index in [0.29, 0.717) is 31.5 Å². The smallest absolute Gasteiger partial charge is 0.385 e. The zero-order chi connectivity index (χ0) is 18.1. The first kappa shape index (κ1) is 17.9. The van der Waals surface area contributed by atoms with Gasteiger partial charge in [0.25, 0.3) is 0 Å². The van der Waals surface area contributed by atoms with Crippen molar-refractivity contribution in [1.29, 1.82) is 0 Å². The van der Waals surface area contributed by atoms with Crippen molar-refractivity contribution in [3.63, 3.8) is 0 Å². The summed E-state index contributed by atoms with van der Waals surface area (Å²) in [5.74, 6) is 0. The third kappa shape index (κ3) is 4.04. The van der Waals surface area contributed by atoms with E-state index in [2.05, 4.69) is 10.00 Å². The molecule has 0 bridgehead atoms. The Labute approximate surface area is 144 Å². The number of nitrogens with zero attached hydrogens (tertiary/aromatic N) is 3. The predicted molar refractivity (Wildman–Crippen MR) is 87.8 cm³/mol. The minimum absolute atomic E-state index is 0.348. The first-order valence-corrected chi connectivity index (χ1v) is 8.44. The summed E-state index contributed by atoms with van der Waals surface area (Å²) < 4.78 is 40.6. The molecular weight excluding hydrogens is 331 g/mol. The van der Waals surface area contributed by atoms with Crippen LogP contribution in [0.4, 0.5) is 13.2 Å². The number of hydrogen-bond donors (Lipinski definition) is 1. The number of rotatable bonds is 4. The van der Waals surface area contributed by atoms with Gasteiger partial charge in [0.15, 0.2) is 0 Å². The maximum absolute atomic E-state index is 12.9. The van der Waals surface area contributed by atoms with E-state index < -0.39 is 17.3 Å². The van der Waals surface area contributed by atoms with Gasteiger partial charge in [-0.2, -0.15) is 18.3 Å². The zero-order valence-corrected chi connectivity index (χ0v) is 14.1. The fourth-order valence-electron chi connectivity index (χ4n) is 3.27. The molecule has 136 valence electrons. The lowest BCUT2D eigenvalue weighted by molar-refractivity contribution is -0.137. The minimum Gasteiger partial charge on any atom is -0.385 e. The summed E-state index contributed by atoms with van der Waals surface area (Å²) in [6.45, 7) is 4.83. The van der Waals surface area contributed by atoms with Crippen LogP contribution in [-0.2, 0) is 24.9 Å². The second-order valence-corrected chi connectivity index (χ2v) is 6.59. The summed E-state index contributed by atoms with van der Waals surface area (Å²) in [5.41, 5.74) is -0.467. The molecule has 2 aromatic rings. The van der Waals surface area contributed by atoms with Crippen LogP contribution < -0.4 is 0 Å². The number of likely N-dealkylation sites (tertiary alicyclic amines) is 1. The van der Waals surface area contributed by atoms with Gasteiger partial charge < -0.3 is 5.11 Å². The van der Waals surface area contributed by atoms with E-state index in [1.54, 1.807) is 6.07 Å². The molecule has 4 nitrogen and oxygen atoms in total. The monoisotopic (exact) mass is 353 g/mol. The largest absolute Gasteiger partial charge is 0.416 e. The molecule has 1 fully saturated rings. The number of halogens is 3. The van der Waals surface area contributed by atoms with Crippen LogP contribution >= 0.6 is 0 Å². The highest BCUT2D eigenvalue weighted by atomic mass is 19.4. The van der Waals surface area contributed by atoms with E-state index >= 15 is 0 Å². The lowest BCUT2D eigenvalue weighted by atomic mass is 9.83. The van der Waals surface area contributed by atoms with Crippen molar-refractivity contribution >= 4 is 0 Å². The highest BCUT2D eigenvalue weighted by Gasteiger charge is 2.37. The van der Waals surface area contributed by atoms with Crippen molar-refractivity contribution < 1.29 is 18.3 Å². The predicted octanol–water partition coefficient (Wildman–Crippen LogP) is 3.41. The molecule has 0 atom stereocenters. The van der Waals surface area contributed by atoms with Gasteiger partial charge in [0.2, 0.25) is 0 Å². The van der Waals surface area contributed by atoms with Crippen molar-refractivity contribution in [2.75, 3.05) is 13.1 Å². The summed E-state index contributed by atoms with van der Waals surface area (Å²) in [5, 5.41) is 15.1. The molecule has 25 heavy (non-hydrogen) atoms. The van der Waals surface area contributed by atoms with Crippen molar-refractivity contribution in [3.8, 4) is 0 Å². The van der Waals surface area contributed by atoms with Crippen molar-refractivity contribution in [2.45, 2.75) is 44.6 Å². The first-order valence-electron chi connectivity index (χ1n) is 8.44. The molecule has 0 unspecified atom stereocenters. The Morgan fingerprint density at radius 1 is 1.24 bits per heavy atom. The molecular formula is C18H22F3N3O. The molecule has 7 heteroatoms. The van der Waals surface area contributed by atoms with E-state index in [1.165, 1.54) is 6.07 Å². The van der Waals surface area contributed by atoms with Crippen molar-refractivity contribution in [2.24, 2.45) is 0 Å². The van der Waals surface area contributed by atoms with Crippen LogP contribution in [0.3, 0.4) is 0 Å². The lowest BCUT2D eigenvalue weighted by Gasteiger charge is -2.38. The van der Waals surface area contributed by atoms with Crippen LogP contribution in [0, 0.1) is 0 Å². The van der Waals surface area contributed by atoms with Gasteiger partial charge in [-0.3, -0.25) is 9.58 Å². The Hall–Kier alpha value is -1.86. The minimum atomic E-state index is -4.40. The summed E-state index contributed by atoms with van der Waals surface area (Å²) in [7, 11) is 0. The van der Waals surface area contributed by atoms with Gasteiger partial charge in [0, 0.05) is 37.9 Å². The Morgan fingerprint density at radius 2 is 1.96 bits per heavy atom. The summed E-state index contributed by atoms with van der Waals surface area (Å²) in [6.07, 6.45) is 0.254. The fourth-order valence-corrected chi connectivity index (χ4v) is 3.27. The molecule has 1 aromatic heterocycles.